The summed E-state index contributed by atoms with van der Waals surface area (Å²) < 4.78 is 0. The molecule has 0 bridgehead atoms. The van der Waals surface area contributed by atoms with Crippen molar-refractivity contribution < 1.29 is 9.72 Å². The summed E-state index contributed by atoms with van der Waals surface area (Å²) in [7, 11) is 0. The van der Waals surface area contributed by atoms with E-state index in [0.717, 1.165) is 0 Å². The molecule has 0 aliphatic rings. The molecule has 1 aromatic carbocycles. The minimum absolute atomic E-state index is 0.119. The molecule has 1 unspecified atom stereocenters. The first-order valence-electron chi connectivity index (χ1n) is 3.60. The number of nitrogens with zero attached hydrogens (tertiary/aromatic N) is 1. The SMILES string of the molecule is O=C(Cl)C(Cl)c1cccc([N+](=O)[O-])c1. The standard InChI is InChI=1S/C8H5Cl2NO3/c9-7(8(10)12)5-2-1-3-6(4-5)11(13)14/h1-4,7H. The molecule has 0 saturated carbocycles. The first-order valence-corrected chi connectivity index (χ1v) is 4.41. The topological polar surface area (TPSA) is 60.2 Å². The summed E-state index contributed by atoms with van der Waals surface area (Å²) in [6.07, 6.45) is 0. The first kappa shape index (κ1) is 10.9. The molecule has 0 radical (unpaired) electrons. The number of nitro benzene ring substituents is 1. The van der Waals surface area contributed by atoms with Gasteiger partial charge in [0, 0.05) is 12.1 Å². The zero-order valence-corrected chi connectivity index (χ0v) is 8.33. The van der Waals surface area contributed by atoms with Crippen LogP contribution in [0, 0.1) is 10.1 Å². The van der Waals surface area contributed by atoms with Gasteiger partial charge in [-0.05, 0) is 17.2 Å². The van der Waals surface area contributed by atoms with Crippen molar-refractivity contribution in [1.29, 1.82) is 0 Å². The van der Waals surface area contributed by atoms with E-state index in [1.807, 2.05) is 0 Å². The highest BCUT2D eigenvalue weighted by molar-refractivity contribution is 6.68. The monoisotopic (exact) mass is 233 g/mol. The highest BCUT2D eigenvalue weighted by Crippen LogP contribution is 2.25. The van der Waals surface area contributed by atoms with E-state index in [1.165, 1.54) is 24.3 Å². The van der Waals surface area contributed by atoms with E-state index in [2.05, 4.69) is 0 Å². The summed E-state index contributed by atoms with van der Waals surface area (Å²) >= 11 is 10.8. The Bertz CT molecular complexity index is 381. The number of non-ortho nitro benzene ring substituents is 1. The molecule has 0 N–H and O–H groups in total. The van der Waals surface area contributed by atoms with E-state index in [9.17, 15) is 14.9 Å². The summed E-state index contributed by atoms with van der Waals surface area (Å²) in [6, 6.07) is 5.48. The van der Waals surface area contributed by atoms with Crippen molar-refractivity contribution >= 4 is 34.1 Å². The molecule has 0 aliphatic carbocycles. The van der Waals surface area contributed by atoms with Crippen molar-refractivity contribution in [3.63, 3.8) is 0 Å². The van der Waals surface area contributed by atoms with Crippen molar-refractivity contribution in [1.82, 2.24) is 0 Å². The lowest BCUT2D eigenvalue weighted by Crippen LogP contribution is -1.99. The van der Waals surface area contributed by atoms with Crippen LogP contribution in [0.15, 0.2) is 24.3 Å². The highest BCUT2D eigenvalue weighted by Gasteiger charge is 2.17. The van der Waals surface area contributed by atoms with E-state index in [-0.39, 0.29) is 5.69 Å². The minimum Gasteiger partial charge on any atom is -0.279 e. The van der Waals surface area contributed by atoms with E-state index in [1.54, 1.807) is 0 Å². The van der Waals surface area contributed by atoms with Gasteiger partial charge >= 0.3 is 0 Å². The number of hydrogen-bond donors (Lipinski definition) is 0. The molecular formula is C8H5Cl2NO3. The van der Waals surface area contributed by atoms with Gasteiger partial charge in [0.1, 0.15) is 5.38 Å². The Morgan fingerprint density at radius 3 is 2.64 bits per heavy atom. The van der Waals surface area contributed by atoms with Crippen LogP contribution in [0.3, 0.4) is 0 Å². The fraction of sp³-hybridized carbons (Fsp3) is 0.125. The second kappa shape index (κ2) is 4.39. The van der Waals surface area contributed by atoms with Crippen LogP contribution in [0.1, 0.15) is 10.9 Å². The molecule has 6 heteroatoms. The van der Waals surface area contributed by atoms with Crippen LogP contribution < -0.4 is 0 Å². The van der Waals surface area contributed by atoms with Crippen LogP contribution in [-0.2, 0) is 4.79 Å². The number of rotatable bonds is 3. The zero-order valence-electron chi connectivity index (χ0n) is 6.81. The Morgan fingerprint density at radius 2 is 2.14 bits per heavy atom. The second-order valence-electron chi connectivity index (χ2n) is 2.52. The molecular weight excluding hydrogens is 229 g/mol. The van der Waals surface area contributed by atoms with E-state index < -0.39 is 15.5 Å². The predicted octanol–water partition coefficient (Wildman–Crippen LogP) is 2.64. The lowest BCUT2D eigenvalue weighted by Gasteiger charge is -2.03. The summed E-state index contributed by atoms with van der Waals surface area (Å²) in [5.74, 6) is 0. The number of halogens is 2. The molecule has 0 aliphatic heterocycles. The van der Waals surface area contributed by atoms with Gasteiger partial charge in [-0.15, -0.1) is 11.6 Å². The number of hydrogen-bond acceptors (Lipinski definition) is 3. The number of alkyl halides is 1. The quantitative estimate of drug-likeness (QED) is 0.349. The Hall–Kier alpha value is -1.13. The van der Waals surface area contributed by atoms with E-state index in [4.69, 9.17) is 23.2 Å². The van der Waals surface area contributed by atoms with Crippen LogP contribution in [0.25, 0.3) is 0 Å². The average Bonchev–Trinajstić information content (AvgIpc) is 2.16. The number of carbonyl (C=O) groups is 1. The fourth-order valence-electron chi connectivity index (χ4n) is 0.927. The Labute approximate surface area is 89.6 Å². The summed E-state index contributed by atoms with van der Waals surface area (Å²) in [6.45, 7) is 0. The number of carbonyl (C=O) groups excluding carboxylic acids is 1. The molecule has 1 rings (SSSR count). The van der Waals surface area contributed by atoms with Gasteiger partial charge in [-0.1, -0.05) is 12.1 Å². The van der Waals surface area contributed by atoms with Crippen molar-refractivity contribution in [3.05, 3.63) is 39.9 Å². The van der Waals surface area contributed by atoms with Crippen LogP contribution in [0.4, 0.5) is 5.69 Å². The maximum atomic E-state index is 10.7. The molecule has 0 heterocycles. The highest BCUT2D eigenvalue weighted by atomic mass is 35.5. The number of benzene rings is 1. The maximum Gasteiger partial charge on any atom is 0.269 e. The zero-order chi connectivity index (χ0) is 10.7. The van der Waals surface area contributed by atoms with Gasteiger partial charge in [-0.2, -0.15) is 0 Å². The van der Waals surface area contributed by atoms with Gasteiger partial charge in [0.15, 0.2) is 0 Å². The molecule has 0 fully saturated rings. The summed E-state index contributed by atoms with van der Waals surface area (Å²) in [5, 5.41) is 8.59. The average molecular weight is 234 g/mol. The van der Waals surface area contributed by atoms with Gasteiger partial charge < -0.3 is 0 Å². The van der Waals surface area contributed by atoms with Gasteiger partial charge in [-0.3, -0.25) is 14.9 Å². The van der Waals surface area contributed by atoms with Gasteiger partial charge in [0.25, 0.3) is 5.69 Å². The summed E-state index contributed by atoms with van der Waals surface area (Å²) in [4.78, 5) is 20.5. The van der Waals surface area contributed by atoms with Crippen molar-refractivity contribution in [2.75, 3.05) is 0 Å². The Kier molecular flexibility index (Phi) is 3.43. The van der Waals surface area contributed by atoms with Gasteiger partial charge in [0.2, 0.25) is 5.24 Å². The molecule has 0 spiro atoms. The normalized spacial score (nSPS) is 12.1. The molecule has 0 saturated heterocycles. The molecule has 1 atom stereocenters. The second-order valence-corrected chi connectivity index (χ2v) is 3.33. The largest absolute Gasteiger partial charge is 0.279 e. The Balaban J connectivity index is 3.05. The lowest BCUT2D eigenvalue weighted by atomic mass is 10.1. The first-order chi connectivity index (χ1) is 6.52. The molecule has 74 valence electrons. The van der Waals surface area contributed by atoms with Gasteiger partial charge in [0.05, 0.1) is 4.92 Å². The third kappa shape index (κ3) is 2.43. The molecule has 1 aromatic rings. The predicted molar refractivity (Wildman–Crippen MR) is 52.6 cm³/mol. The van der Waals surface area contributed by atoms with Crippen molar-refractivity contribution in [2.45, 2.75) is 5.38 Å². The van der Waals surface area contributed by atoms with Crippen LogP contribution in [0.5, 0.6) is 0 Å². The van der Waals surface area contributed by atoms with E-state index in [0.29, 0.717) is 5.56 Å². The molecule has 14 heavy (non-hydrogen) atoms. The minimum atomic E-state index is -1.04. The van der Waals surface area contributed by atoms with Crippen LogP contribution in [0.2, 0.25) is 0 Å². The van der Waals surface area contributed by atoms with Gasteiger partial charge in [-0.25, -0.2) is 0 Å². The smallest absolute Gasteiger partial charge is 0.269 e. The maximum absolute atomic E-state index is 10.7. The van der Waals surface area contributed by atoms with Crippen molar-refractivity contribution in [2.24, 2.45) is 0 Å². The molecule has 0 aromatic heterocycles. The number of nitro groups is 1. The lowest BCUT2D eigenvalue weighted by molar-refractivity contribution is -0.384. The van der Waals surface area contributed by atoms with Crippen LogP contribution >= 0.6 is 23.2 Å². The van der Waals surface area contributed by atoms with Crippen molar-refractivity contribution in [3.8, 4) is 0 Å². The third-order valence-corrected chi connectivity index (χ3v) is 2.35. The third-order valence-electron chi connectivity index (χ3n) is 1.57. The molecule has 4 nitrogen and oxygen atoms in total. The molecule has 0 amide bonds. The fourth-order valence-corrected chi connectivity index (χ4v) is 1.19. The van der Waals surface area contributed by atoms with Crippen LogP contribution in [-0.4, -0.2) is 10.2 Å². The Morgan fingerprint density at radius 1 is 1.50 bits per heavy atom. The summed E-state index contributed by atoms with van der Waals surface area (Å²) in [5.41, 5.74) is 0.201. The van der Waals surface area contributed by atoms with E-state index >= 15 is 0 Å².